The Morgan fingerprint density at radius 2 is 1.48 bits per heavy atom. The molecule has 0 spiro atoms. The van der Waals surface area contributed by atoms with Gasteiger partial charge < -0.3 is 9.47 Å². The molecule has 0 amide bonds. The van der Waals surface area contributed by atoms with Gasteiger partial charge in [0.15, 0.2) is 0 Å². The number of benzene rings is 1. The van der Waals surface area contributed by atoms with Gasteiger partial charge in [0.2, 0.25) is 0 Å². The fourth-order valence-electron chi connectivity index (χ4n) is 1.69. The van der Waals surface area contributed by atoms with Gasteiger partial charge in [-0.1, -0.05) is 44.0 Å². The zero-order valence-corrected chi connectivity index (χ0v) is 14.8. The van der Waals surface area contributed by atoms with Crippen LogP contribution in [0.2, 0.25) is 0 Å². The van der Waals surface area contributed by atoms with Crippen molar-refractivity contribution in [3.05, 3.63) is 84.7 Å². The first kappa shape index (κ1) is 19.9. The third kappa shape index (κ3) is 6.47. The van der Waals surface area contributed by atoms with Crippen molar-refractivity contribution in [2.24, 2.45) is 0 Å². The maximum atomic E-state index is 11.5. The summed E-state index contributed by atoms with van der Waals surface area (Å²) in [5.41, 5.74) is 2.45. The lowest BCUT2D eigenvalue weighted by molar-refractivity contribution is -0.134. The molecule has 0 aliphatic rings. The molecule has 1 aromatic carbocycles. The standard InChI is InChI=1S/C21H22O4/c1-7-17(9-8-16(6)24-20(22)14(2)3)18-10-12-19(13-11-18)25-21(23)15(4)5/h7-13H,2,4,6H2,1,3,5H3/b9-8-,17-7+. The van der Waals surface area contributed by atoms with Gasteiger partial charge in [0.25, 0.3) is 0 Å². The highest BCUT2D eigenvalue weighted by molar-refractivity contribution is 5.89. The number of allylic oxidation sites excluding steroid dienone is 4. The topological polar surface area (TPSA) is 52.6 Å². The molecular formula is C21H22O4. The summed E-state index contributed by atoms with van der Waals surface area (Å²) in [7, 11) is 0. The highest BCUT2D eigenvalue weighted by Crippen LogP contribution is 2.21. The summed E-state index contributed by atoms with van der Waals surface area (Å²) < 4.78 is 10.2. The molecule has 0 atom stereocenters. The molecule has 0 fully saturated rings. The first-order valence-electron chi connectivity index (χ1n) is 7.63. The lowest BCUT2D eigenvalue weighted by Gasteiger charge is -2.07. The number of hydrogen-bond acceptors (Lipinski definition) is 4. The van der Waals surface area contributed by atoms with Gasteiger partial charge in [0, 0.05) is 11.1 Å². The summed E-state index contributed by atoms with van der Waals surface area (Å²) in [6, 6.07) is 7.04. The Balaban J connectivity index is 2.80. The number of esters is 2. The van der Waals surface area contributed by atoms with Crippen LogP contribution in [0, 0.1) is 0 Å². The van der Waals surface area contributed by atoms with Crippen LogP contribution in [0.5, 0.6) is 5.75 Å². The van der Waals surface area contributed by atoms with Crippen molar-refractivity contribution in [2.75, 3.05) is 0 Å². The van der Waals surface area contributed by atoms with Gasteiger partial charge in [0.05, 0.1) is 0 Å². The Morgan fingerprint density at radius 3 is 1.96 bits per heavy atom. The number of rotatable bonds is 7. The fraction of sp³-hybridized carbons (Fsp3) is 0.143. The van der Waals surface area contributed by atoms with Crippen molar-refractivity contribution in [1.82, 2.24) is 0 Å². The van der Waals surface area contributed by atoms with Crippen molar-refractivity contribution in [3.8, 4) is 5.75 Å². The monoisotopic (exact) mass is 338 g/mol. The summed E-state index contributed by atoms with van der Waals surface area (Å²) in [5, 5.41) is 0. The van der Waals surface area contributed by atoms with E-state index in [0.717, 1.165) is 11.1 Å². The normalized spacial score (nSPS) is 11.1. The van der Waals surface area contributed by atoms with Gasteiger partial charge >= 0.3 is 11.9 Å². The summed E-state index contributed by atoms with van der Waals surface area (Å²) in [5.74, 6) is -0.315. The van der Waals surface area contributed by atoms with Crippen LogP contribution >= 0.6 is 0 Å². The SMILES string of the molecule is C=C(/C=C\C(=C/C)c1ccc(OC(=O)C(=C)C)cc1)OC(=O)C(=C)C. The lowest BCUT2D eigenvalue weighted by Crippen LogP contribution is -2.07. The first-order valence-corrected chi connectivity index (χ1v) is 7.63. The van der Waals surface area contributed by atoms with E-state index < -0.39 is 11.9 Å². The van der Waals surface area contributed by atoms with E-state index in [4.69, 9.17) is 9.47 Å². The predicted octanol–water partition coefficient (Wildman–Crippen LogP) is 4.76. The molecule has 0 radical (unpaired) electrons. The number of carbonyl (C=O) groups is 2. The Labute approximate surface area is 148 Å². The van der Waals surface area contributed by atoms with E-state index in [2.05, 4.69) is 19.7 Å². The molecule has 130 valence electrons. The predicted molar refractivity (Wildman–Crippen MR) is 99.7 cm³/mol. The van der Waals surface area contributed by atoms with Crippen LogP contribution < -0.4 is 4.74 Å². The maximum Gasteiger partial charge on any atom is 0.338 e. The summed E-state index contributed by atoms with van der Waals surface area (Å²) in [6.45, 7) is 15.8. The Hall–Kier alpha value is -3.14. The van der Waals surface area contributed by atoms with E-state index in [-0.39, 0.29) is 5.76 Å². The van der Waals surface area contributed by atoms with Gasteiger partial charge in [-0.25, -0.2) is 9.59 Å². The fourth-order valence-corrected chi connectivity index (χ4v) is 1.69. The maximum absolute atomic E-state index is 11.5. The number of carbonyl (C=O) groups excluding carboxylic acids is 2. The molecule has 0 saturated carbocycles. The van der Waals surface area contributed by atoms with Crippen LogP contribution in [0.25, 0.3) is 5.57 Å². The summed E-state index contributed by atoms with van der Waals surface area (Å²) in [6.07, 6.45) is 5.29. The van der Waals surface area contributed by atoms with Crippen LogP contribution in [-0.2, 0) is 14.3 Å². The molecule has 4 heteroatoms. The van der Waals surface area contributed by atoms with Crippen molar-refractivity contribution in [2.45, 2.75) is 20.8 Å². The lowest BCUT2D eigenvalue weighted by atomic mass is 10.0. The van der Waals surface area contributed by atoms with Crippen molar-refractivity contribution >= 4 is 17.5 Å². The molecule has 0 aromatic heterocycles. The van der Waals surface area contributed by atoms with E-state index in [1.165, 1.54) is 0 Å². The van der Waals surface area contributed by atoms with Crippen LogP contribution in [0.1, 0.15) is 26.3 Å². The smallest absolute Gasteiger partial charge is 0.338 e. The Bertz CT molecular complexity index is 762. The highest BCUT2D eigenvalue weighted by atomic mass is 16.5. The van der Waals surface area contributed by atoms with Crippen LogP contribution in [0.15, 0.2) is 79.1 Å². The van der Waals surface area contributed by atoms with Gasteiger partial charge in [-0.15, -0.1) is 0 Å². The minimum absolute atomic E-state index is 0.222. The van der Waals surface area contributed by atoms with Gasteiger partial charge in [-0.3, -0.25) is 0 Å². The molecule has 0 heterocycles. The van der Waals surface area contributed by atoms with Crippen LogP contribution in [0.4, 0.5) is 0 Å². The third-order valence-electron chi connectivity index (χ3n) is 3.08. The molecule has 0 saturated heterocycles. The van der Waals surface area contributed by atoms with Gasteiger partial charge in [-0.05, 0) is 50.1 Å². The summed E-state index contributed by atoms with van der Waals surface area (Å²) in [4.78, 5) is 22.9. The van der Waals surface area contributed by atoms with Gasteiger partial charge in [-0.2, -0.15) is 0 Å². The van der Waals surface area contributed by atoms with E-state index in [0.29, 0.717) is 16.9 Å². The molecule has 1 aromatic rings. The molecule has 4 nitrogen and oxygen atoms in total. The van der Waals surface area contributed by atoms with Crippen molar-refractivity contribution < 1.29 is 19.1 Å². The molecule has 0 aliphatic carbocycles. The second-order valence-electron chi connectivity index (χ2n) is 5.41. The quantitative estimate of drug-likeness (QED) is 0.236. The van der Waals surface area contributed by atoms with E-state index in [1.54, 1.807) is 38.1 Å². The molecule has 0 bridgehead atoms. The molecule has 1 rings (SSSR count). The van der Waals surface area contributed by atoms with E-state index >= 15 is 0 Å². The zero-order valence-electron chi connectivity index (χ0n) is 14.8. The third-order valence-corrected chi connectivity index (χ3v) is 3.08. The van der Waals surface area contributed by atoms with E-state index in [9.17, 15) is 9.59 Å². The highest BCUT2D eigenvalue weighted by Gasteiger charge is 2.06. The van der Waals surface area contributed by atoms with Crippen LogP contribution in [-0.4, -0.2) is 11.9 Å². The van der Waals surface area contributed by atoms with Crippen LogP contribution in [0.3, 0.4) is 0 Å². The second kappa shape index (κ2) is 9.23. The molecule has 0 unspecified atom stereocenters. The summed E-state index contributed by atoms with van der Waals surface area (Å²) >= 11 is 0. The molecule has 25 heavy (non-hydrogen) atoms. The first-order chi connectivity index (χ1) is 11.7. The minimum Gasteiger partial charge on any atom is -0.424 e. The zero-order chi connectivity index (χ0) is 19.0. The van der Waals surface area contributed by atoms with Crippen molar-refractivity contribution in [3.63, 3.8) is 0 Å². The minimum atomic E-state index is -0.514. The van der Waals surface area contributed by atoms with Gasteiger partial charge in [0.1, 0.15) is 11.5 Å². The molecule has 0 aliphatic heterocycles. The molecule has 0 N–H and O–H groups in total. The second-order valence-corrected chi connectivity index (χ2v) is 5.41. The number of hydrogen-bond donors (Lipinski definition) is 0. The van der Waals surface area contributed by atoms with Crippen molar-refractivity contribution in [1.29, 1.82) is 0 Å². The van der Waals surface area contributed by atoms with E-state index in [1.807, 2.05) is 25.1 Å². The Morgan fingerprint density at radius 1 is 0.920 bits per heavy atom. The average molecular weight is 338 g/mol. The average Bonchev–Trinajstić information content (AvgIpc) is 2.56. The Kier molecular flexibility index (Phi) is 7.35. The number of ether oxygens (including phenoxy) is 2. The largest absolute Gasteiger partial charge is 0.424 e. The molecular weight excluding hydrogens is 316 g/mol.